The van der Waals surface area contributed by atoms with Gasteiger partial charge in [-0.2, -0.15) is 10.4 Å². The number of hydrogen-bond donors (Lipinski definition) is 1. The molecule has 9 nitrogen and oxygen atoms in total. The van der Waals surface area contributed by atoms with Crippen molar-refractivity contribution in [1.82, 2.24) is 14.6 Å². The maximum atomic E-state index is 11.8. The molecule has 9 heteroatoms. The second-order valence-electron chi connectivity index (χ2n) is 7.40. The van der Waals surface area contributed by atoms with Crippen molar-refractivity contribution in [3.8, 4) is 22.9 Å². The molecule has 0 aliphatic carbocycles. The van der Waals surface area contributed by atoms with Crippen molar-refractivity contribution in [2.75, 3.05) is 37.4 Å². The Balaban J connectivity index is 1.68. The summed E-state index contributed by atoms with van der Waals surface area (Å²) in [5, 5.41) is 13.8. The van der Waals surface area contributed by atoms with Crippen LogP contribution in [0.15, 0.2) is 30.7 Å². The van der Waals surface area contributed by atoms with E-state index in [1.807, 2.05) is 19.1 Å². The number of esters is 1. The standard InChI is InChI=1S/C22H24N6O3/c1-3-31-16-8-17(21-15(10-23)11-26-28(21)13-16)18-12-25-20(9-19(18)24)27-6-4-14(5-7-27)22(29)30-2/h8-9,11-14H,3-7H2,1-2H3,(H2,24,25). The van der Waals surface area contributed by atoms with Gasteiger partial charge in [-0.15, -0.1) is 0 Å². The molecule has 4 rings (SSSR count). The lowest BCUT2D eigenvalue weighted by Gasteiger charge is -2.31. The van der Waals surface area contributed by atoms with Gasteiger partial charge in [0.2, 0.25) is 0 Å². The molecule has 0 bridgehead atoms. The highest BCUT2D eigenvalue weighted by atomic mass is 16.5. The summed E-state index contributed by atoms with van der Waals surface area (Å²) in [5.41, 5.74) is 9.53. The van der Waals surface area contributed by atoms with Crippen LogP contribution in [0.3, 0.4) is 0 Å². The number of carbonyl (C=O) groups is 1. The average Bonchev–Trinajstić information content (AvgIpc) is 3.21. The van der Waals surface area contributed by atoms with Crippen LogP contribution in [0.2, 0.25) is 0 Å². The molecule has 160 valence electrons. The number of hydrogen-bond acceptors (Lipinski definition) is 8. The highest BCUT2D eigenvalue weighted by Crippen LogP contribution is 2.35. The zero-order valence-electron chi connectivity index (χ0n) is 17.5. The van der Waals surface area contributed by atoms with E-state index in [9.17, 15) is 10.1 Å². The zero-order valence-corrected chi connectivity index (χ0v) is 17.5. The summed E-state index contributed by atoms with van der Waals surface area (Å²) in [4.78, 5) is 18.5. The van der Waals surface area contributed by atoms with Gasteiger partial charge in [-0.25, -0.2) is 9.50 Å². The molecule has 0 saturated carbocycles. The van der Waals surface area contributed by atoms with Crippen molar-refractivity contribution in [1.29, 1.82) is 5.26 Å². The average molecular weight is 420 g/mol. The molecule has 0 unspecified atom stereocenters. The number of aromatic nitrogens is 3. The van der Waals surface area contributed by atoms with Crippen molar-refractivity contribution in [3.63, 3.8) is 0 Å². The van der Waals surface area contributed by atoms with Gasteiger partial charge in [-0.05, 0) is 25.8 Å². The van der Waals surface area contributed by atoms with E-state index in [2.05, 4.69) is 21.1 Å². The third-order valence-electron chi connectivity index (χ3n) is 5.58. The predicted octanol–water partition coefficient (Wildman–Crippen LogP) is 2.64. The van der Waals surface area contributed by atoms with E-state index < -0.39 is 0 Å². The topological polar surface area (TPSA) is 119 Å². The van der Waals surface area contributed by atoms with Crippen LogP contribution in [0.5, 0.6) is 5.75 Å². The summed E-state index contributed by atoms with van der Waals surface area (Å²) in [6, 6.07) is 5.87. The van der Waals surface area contributed by atoms with E-state index in [1.165, 1.54) is 13.3 Å². The van der Waals surface area contributed by atoms with Crippen LogP contribution in [-0.4, -0.2) is 47.4 Å². The van der Waals surface area contributed by atoms with Crippen LogP contribution in [0, 0.1) is 17.2 Å². The van der Waals surface area contributed by atoms with Crippen LogP contribution >= 0.6 is 0 Å². The van der Waals surface area contributed by atoms with Gasteiger partial charge in [0, 0.05) is 42.2 Å². The van der Waals surface area contributed by atoms with Crippen molar-refractivity contribution < 1.29 is 14.3 Å². The molecule has 0 aromatic carbocycles. The monoisotopic (exact) mass is 420 g/mol. The fourth-order valence-corrected chi connectivity index (χ4v) is 4.00. The summed E-state index contributed by atoms with van der Waals surface area (Å²) in [6.07, 6.45) is 6.42. The van der Waals surface area contributed by atoms with Crippen molar-refractivity contribution >= 4 is 23.0 Å². The number of pyridine rings is 2. The van der Waals surface area contributed by atoms with Crippen LogP contribution in [0.25, 0.3) is 16.6 Å². The van der Waals surface area contributed by atoms with Crippen LogP contribution in [0.1, 0.15) is 25.3 Å². The van der Waals surface area contributed by atoms with Crippen LogP contribution in [-0.2, 0) is 9.53 Å². The van der Waals surface area contributed by atoms with E-state index >= 15 is 0 Å². The molecule has 0 radical (unpaired) electrons. The van der Waals surface area contributed by atoms with Crippen molar-refractivity contribution in [2.45, 2.75) is 19.8 Å². The first-order valence-electron chi connectivity index (χ1n) is 10.2. The van der Waals surface area contributed by atoms with Crippen LogP contribution in [0.4, 0.5) is 11.5 Å². The quantitative estimate of drug-likeness (QED) is 0.626. The molecule has 3 aromatic rings. The molecule has 3 aromatic heterocycles. The SMILES string of the molecule is CCOc1cc(-c2cnc(N3CCC(C(=O)OC)CC3)cc2N)c2c(C#N)cnn2c1. The largest absolute Gasteiger partial charge is 0.492 e. The van der Waals surface area contributed by atoms with Gasteiger partial charge >= 0.3 is 5.97 Å². The highest BCUT2D eigenvalue weighted by molar-refractivity contribution is 5.90. The number of ether oxygens (including phenoxy) is 2. The zero-order chi connectivity index (χ0) is 22.0. The maximum absolute atomic E-state index is 11.8. The number of carbonyl (C=O) groups excluding carboxylic acids is 1. The van der Waals surface area contributed by atoms with Crippen molar-refractivity contribution in [3.05, 3.63) is 36.3 Å². The molecule has 1 aliphatic rings. The lowest BCUT2D eigenvalue weighted by molar-refractivity contribution is -0.146. The number of nitriles is 1. The minimum absolute atomic E-state index is 0.0706. The summed E-state index contributed by atoms with van der Waals surface area (Å²) >= 11 is 0. The lowest BCUT2D eigenvalue weighted by Crippen LogP contribution is -2.37. The third kappa shape index (κ3) is 3.84. The van der Waals surface area contributed by atoms with E-state index in [1.54, 1.807) is 16.9 Å². The summed E-state index contributed by atoms with van der Waals surface area (Å²) in [5.74, 6) is 1.16. The number of nitrogen functional groups attached to an aromatic ring is 1. The van der Waals surface area contributed by atoms with Gasteiger partial charge in [0.05, 0.1) is 43.1 Å². The summed E-state index contributed by atoms with van der Waals surface area (Å²) in [6.45, 7) is 3.82. The lowest BCUT2D eigenvalue weighted by atomic mass is 9.97. The number of piperidine rings is 1. The molecule has 1 fully saturated rings. The van der Waals surface area contributed by atoms with Gasteiger partial charge < -0.3 is 20.1 Å². The first-order valence-corrected chi connectivity index (χ1v) is 10.2. The van der Waals surface area contributed by atoms with Crippen molar-refractivity contribution in [2.24, 2.45) is 5.92 Å². The Morgan fingerprint density at radius 1 is 1.29 bits per heavy atom. The van der Waals surface area contributed by atoms with Gasteiger partial charge in [0.25, 0.3) is 0 Å². The number of fused-ring (bicyclic) bond motifs is 1. The normalized spacial score (nSPS) is 14.4. The van der Waals surface area contributed by atoms with E-state index in [-0.39, 0.29) is 11.9 Å². The first kappa shape index (κ1) is 20.5. The molecule has 0 amide bonds. The minimum Gasteiger partial charge on any atom is -0.492 e. The number of rotatable bonds is 5. The maximum Gasteiger partial charge on any atom is 0.308 e. The smallest absolute Gasteiger partial charge is 0.308 e. The summed E-state index contributed by atoms with van der Waals surface area (Å²) < 4.78 is 12.1. The Bertz CT molecular complexity index is 1160. The molecule has 4 heterocycles. The fourth-order valence-electron chi connectivity index (χ4n) is 4.00. The Labute approximate surface area is 180 Å². The molecule has 0 atom stereocenters. The first-order chi connectivity index (χ1) is 15.0. The van der Waals surface area contributed by atoms with E-state index in [4.69, 9.17) is 15.2 Å². The van der Waals surface area contributed by atoms with Gasteiger partial charge in [0.15, 0.2) is 0 Å². The Morgan fingerprint density at radius 2 is 2.06 bits per heavy atom. The number of methoxy groups -OCH3 is 1. The Kier molecular flexibility index (Phi) is 5.62. The van der Waals surface area contributed by atoms with Gasteiger partial charge in [-0.1, -0.05) is 0 Å². The van der Waals surface area contributed by atoms with Gasteiger partial charge in [-0.3, -0.25) is 4.79 Å². The molecule has 31 heavy (non-hydrogen) atoms. The minimum atomic E-state index is -0.158. The Hall–Kier alpha value is -3.80. The van der Waals surface area contributed by atoms with Crippen LogP contribution < -0.4 is 15.4 Å². The predicted molar refractivity (Wildman–Crippen MR) is 116 cm³/mol. The second-order valence-corrected chi connectivity index (χ2v) is 7.40. The molecule has 1 saturated heterocycles. The van der Waals surface area contributed by atoms with E-state index in [0.717, 1.165) is 11.4 Å². The molecule has 2 N–H and O–H groups in total. The molecular formula is C22H24N6O3. The number of nitrogens with two attached hydrogens (primary N) is 1. The highest BCUT2D eigenvalue weighted by Gasteiger charge is 2.26. The fraction of sp³-hybridized carbons (Fsp3) is 0.364. The third-order valence-corrected chi connectivity index (χ3v) is 5.58. The number of nitrogens with zero attached hydrogens (tertiary/aromatic N) is 5. The molecule has 1 aliphatic heterocycles. The molecular weight excluding hydrogens is 396 g/mol. The number of anilines is 2. The second kappa shape index (κ2) is 8.52. The van der Waals surface area contributed by atoms with E-state index in [0.29, 0.717) is 60.6 Å². The van der Waals surface area contributed by atoms with Gasteiger partial charge in [0.1, 0.15) is 17.6 Å². The summed E-state index contributed by atoms with van der Waals surface area (Å²) in [7, 11) is 1.42. The molecule has 0 spiro atoms. The Morgan fingerprint density at radius 3 is 2.71 bits per heavy atom.